The van der Waals surface area contributed by atoms with Crippen LogP contribution in [0.1, 0.15) is 31.3 Å². The summed E-state index contributed by atoms with van der Waals surface area (Å²) in [5.41, 5.74) is 1.68. The van der Waals surface area contributed by atoms with E-state index in [1.54, 1.807) is 26.8 Å². The molecule has 3 heterocycles. The van der Waals surface area contributed by atoms with Gasteiger partial charge in [0.2, 0.25) is 0 Å². The van der Waals surface area contributed by atoms with Gasteiger partial charge in [-0.2, -0.15) is 5.10 Å². The number of fused-ring (bicyclic) bond motifs is 1. The number of hydrogen-bond donors (Lipinski definition) is 1. The van der Waals surface area contributed by atoms with Crippen LogP contribution < -0.4 is 5.32 Å². The molecule has 10 heteroatoms. The number of amides is 1. The van der Waals surface area contributed by atoms with Crippen LogP contribution >= 0.6 is 11.3 Å². The van der Waals surface area contributed by atoms with Crippen molar-refractivity contribution in [1.82, 2.24) is 25.1 Å². The molecule has 1 amide bonds. The Morgan fingerprint density at radius 3 is 2.79 bits per heavy atom. The lowest BCUT2D eigenvalue weighted by Crippen LogP contribution is -2.34. The van der Waals surface area contributed by atoms with Gasteiger partial charge in [-0.05, 0) is 32.2 Å². The first kappa shape index (κ1) is 19.7. The van der Waals surface area contributed by atoms with E-state index in [0.29, 0.717) is 11.4 Å². The summed E-state index contributed by atoms with van der Waals surface area (Å²) in [4.78, 5) is 32.5. The Bertz CT molecular complexity index is 1000. The normalized spacial score (nSPS) is 11.4. The first-order valence-corrected chi connectivity index (χ1v) is 9.48. The SMILES string of the molecule is COC(=O)c1cc(-c2ncnc3ccsc23)nn1CCNC(=O)OC(C)(C)C. The predicted octanol–water partition coefficient (Wildman–Crippen LogP) is 2.87. The molecule has 0 saturated heterocycles. The molecule has 0 aromatic carbocycles. The van der Waals surface area contributed by atoms with E-state index in [1.807, 2.05) is 11.4 Å². The molecule has 0 fully saturated rings. The molecular weight excluding hydrogens is 382 g/mol. The summed E-state index contributed by atoms with van der Waals surface area (Å²) in [6, 6.07) is 3.52. The fourth-order valence-corrected chi connectivity index (χ4v) is 3.36. The second kappa shape index (κ2) is 7.93. The molecule has 0 spiro atoms. The van der Waals surface area contributed by atoms with E-state index in [1.165, 1.54) is 29.5 Å². The van der Waals surface area contributed by atoms with E-state index in [4.69, 9.17) is 9.47 Å². The molecule has 0 saturated carbocycles. The lowest BCUT2D eigenvalue weighted by atomic mass is 10.2. The van der Waals surface area contributed by atoms with Gasteiger partial charge in [-0.25, -0.2) is 19.6 Å². The van der Waals surface area contributed by atoms with E-state index in [2.05, 4.69) is 20.4 Å². The molecule has 148 valence electrons. The maximum Gasteiger partial charge on any atom is 0.407 e. The Hall–Kier alpha value is -3.01. The molecule has 0 radical (unpaired) electrons. The van der Waals surface area contributed by atoms with E-state index < -0.39 is 17.7 Å². The number of carbonyl (C=O) groups is 2. The Morgan fingerprint density at radius 2 is 2.07 bits per heavy atom. The Labute approximate surface area is 165 Å². The molecule has 3 rings (SSSR count). The predicted molar refractivity (Wildman–Crippen MR) is 104 cm³/mol. The molecule has 9 nitrogen and oxygen atoms in total. The lowest BCUT2D eigenvalue weighted by molar-refractivity contribution is 0.0525. The number of nitrogens with zero attached hydrogens (tertiary/aromatic N) is 4. The minimum Gasteiger partial charge on any atom is -0.464 e. The third kappa shape index (κ3) is 4.45. The van der Waals surface area contributed by atoms with Gasteiger partial charge in [0, 0.05) is 12.6 Å². The highest BCUT2D eigenvalue weighted by Gasteiger charge is 2.20. The molecule has 3 aromatic rings. The number of methoxy groups -OCH3 is 1. The van der Waals surface area contributed by atoms with Crippen molar-refractivity contribution >= 4 is 33.6 Å². The molecule has 0 unspecified atom stereocenters. The van der Waals surface area contributed by atoms with Gasteiger partial charge in [0.25, 0.3) is 0 Å². The van der Waals surface area contributed by atoms with Crippen molar-refractivity contribution < 1.29 is 19.1 Å². The zero-order valence-corrected chi connectivity index (χ0v) is 16.9. The van der Waals surface area contributed by atoms with E-state index >= 15 is 0 Å². The topological polar surface area (TPSA) is 108 Å². The van der Waals surface area contributed by atoms with Crippen molar-refractivity contribution in [2.45, 2.75) is 32.9 Å². The van der Waals surface area contributed by atoms with Gasteiger partial charge in [0.1, 0.15) is 29.0 Å². The van der Waals surface area contributed by atoms with Gasteiger partial charge < -0.3 is 14.8 Å². The molecule has 3 aromatic heterocycles. The summed E-state index contributed by atoms with van der Waals surface area (Å²) in [6.45, 7) is 5.86. The monoisotopic (exact) mass is 403 g/mol. The molecule has 1 N–H and O–H groups in total. The van der Waals surface area contributed by atoms with Gasteiger partial charge in [-0.1, -0.05) is 0 Å². The summed E-state index contributed by atoms with van der Waals surface area (Å²) in [5, 5.41) is 9.06. The number of ether oxygens (including phenoxy) is 2. The molecule has 0 aliphatic carbocycles. The molecule has 0 bridgehead atoms. The number of esters is 1. The number of hydrogen-bond acceptors (Lipinski definition) is 8. The Morgan fingerprint density at radius 1 is 1.29 bits per heavy atom. The van der Waals surface area contributed by atoms with Crippen molar-refractivity contribution in [3.05, 3.63) is 29.5 Å². The Kier molecular flexibility index (Phi) is 5.59. The zero-order valence-electron chi connectivity index (χ0n) is 16.1. The van der Waals surface area contributed by atoms with Crippen molar-refractivity contribution in [2.24, 2.45) is 0 Å². The Balaban J connectivity index is 1.82. The van der Waals surface area contributed by atoms with E-state index in [0.717, 1.165) is 10.2 Å². The van der Waals surface area contributed by atoms with Gasteiger partial charge in [0.05, 0.1) is 23.9 Å². The van der Waals surface area contributed by atoms with Crippen molar-refractivity contribution in [2.75, 3.05) is 13.7 Å². The fraction of sp³-hybridized carbons (Fsp3) is 0.389. The van der Waals surface area contributed by atoms with Crippen LogP contribution in [0.5, 0.6) is 0 Å². The third-order valence-corrected chi connectivity index (χ3v) is 4.56. The van der Waals surface area contributed by atoms with Crippen LogP contribution in [0.4, 0.5) is 4.79 Å². The van der Waals surface area contributed by atoms with Gasteiger partial charge >= 0.3 is 12.1 Å². The number of nitrogens with one attached hydrogen (secondary N) is 1. The molecule has 0 aliphatic heterocycles. The van der Waals surface area contributed by atoms with Crippen molar-refractivity contribution in [3.63, 3.8) is 0 Å². The van der Waals surface area contributed by atoms with Crippen LogP contribution in [0.3, 0.4) is 0 Å². The standard InChI is InChI=1S/C18H21N5O4S/c1-18(2,3)27-17(25)19-6-7-23-13(16(24)26-4)9-12(22-23)14-15-11(5-8-28-15)20-10-21-14/h5,8-10H,6-7H2,1-4H3,(H,19,25). The fourth-order valence-electron chi connectivity index (χ4n) is 2.52. The highest BCUT2D eigenvalue weighted by molar-refractivity contribution is 7.17. The largest absolute Gasteiger partial charge is 0.464 e. The summed E-state index contributed by atoms with van der Waals surface area (Å²) < 4.78 is 12.4. The smallest absolute Gasteiger partial charge is 0.407 e. The van der Waals surface area contributed by atoms with Crippen LogP contribution in [-0.4, -0.2) is 51.1 Å². The highest BCUT2D eigenvalue weighted by atomic mass is 32.1. The minimum absolute atomic E-state index is 0.234. The van der Waals surface area contributed by atoms with Crippen LogP contribution in [0.2, 0.25) is 0 Å². The van der Waals surface area contributed by atoms with E-state index in [9.17, 15) is 9.59 Å². The molecular formula is C18H21N5O4S. The van der Waals surface area contributed by atoms with Crippen LogP contribution in [-0.2, 0) is 16.0 Å². The number of aromatic nitrogens is 4. The molecule has 0 aliphatic rings. The summed E-state index contributed by atoms with van der Waals surface area (Å²) in [7, 11) is 1.31. The lowest BCUT2D eigenvalue weighted by Gasteiger charge is -2.19. The van der Waals surface area contributed by atoms with Gasteiger partial charge in [-0.3, -0.25) is 4.68 Å². The first-order valence-electron chi connectivity index (χ1n) is 8.60. The summed E-state index contributed by atoms with van der Waals surface area (Å²) >= 11 is 1.50. The van der Waals surface area contributed by atoms with Crippen LogP contribution in [0.15, 0.2) is 23.8 Å². The maximum absolute atomic E-state index is 12.2. The average Bonchev–Trinajstić information content (AvgIpc) is 3.26. The minimum atomic E-state index is -0.584. The third-order valence-electron chi connectivity index (χ3n) is 3.65. The highest BCUT2D eigenvalue weighted by Crippen LogP contribution is 2.29. The quantitative estimate of drug-likeness (QED) is 0.653. The number of alkyl carbamates (subject to hydrolysis) is 1. The van der Waals surface area contributed by atoms with Gasteiger partial charge in [-0.15, -0.1) is 11.3 Å². The maximum atomic E-state index is 12.2. The number of carbonyl (C=O) groups excluding carboxylic acids is 2. The van der Waals surface area contributed by atoms with Crippen LogP contribution in [0, 0.1) is 0 Å². The molecule has 28 heavy (non-hydrogen) atoms. The zero-order chi connectivity index (χ0) is 20.3. The average molecular weight is 403 g/mol. The van der Waals surface area contributed by atoms with Crippen LogP contribution in [0.25, 0.3) is 21.6 Å². The van der Waals surface area contributed by atoms with Crippen molar-refractivity contribution in [3.8, 4) is 11.4 Å². The second-order valence-corrected chi connectivity index (χ2v) is 7.83. The van der Waals surface area contributed by atoms with E-state index in [-0.39, 0.29) is 18.8 Å². The van der Waals surface area contributed by atoms with Crippen molar-refractivity contribution in [1.29, 1.82) is 0 Å². The number of thiophene rings is 1. The summed E-state index contributed by atoms with van der Waals surface area (Å²) in [5.74, 6) is -0.521. The summed E-state index contributed by atoms with van der Waals surface area (Å²) in [6.07, 6.45) is 0.932. The second-order valence-electron chi connectivity index (χ2n) is 6.92. The first-order chi connectivity index (χ1) is 13.3. The molecule has 0 atom stereocenters. The van der Waals surface area contributed by atoms with Gasteiger partial charge in [0.15, 0.2) is 0 Å². The number of rotatable bonds is 5.